The van der Waals surface area contributed by atoms with Gasteiger partial charge in [-0.2, -0.15) is 8.42 Å². The van der Waals surface area contributed by atoms with Crippen LogP contribution in [0, 0.1) is 29.6 Å². The number of nitrogens with one attached hydrogen (secondary N) is 3. The summed E-state index contributed by atoms with van der Waals surface area (Å²) in [6, 6.07) is -2.47. The molecular formula is C22H37N3O8S. The van der Waals surface area contributed by atoms with Crippen LogP contribution in [0.2, 0.25) is 0 Å². The maximum absolute atomic E-state index is 13.0. The number of aliphatic hydroxyl groups excluding tert-OH is 1. The normalized spacial score (nSPS) is 28.9. The van der Waals surface area contributed by atoms with Gasteiger partial charge in [-0.15, -0.1) is 0 Å². The second kappa shape index (κ2) is 11.2. The van der Waals surface area contributed by atoms with E-state index in [1.54, 1.807) is 0 Å². The standard InChI is InChI=1S/C22H37N3O8S/c1-12(2)7-17(25-22(29)33-11-16-9-13-3-4-14(16)8-13)20(27)24-18(21(28)34(30,31)32)10-15-5-6-23-19(15)26/h12-18,21,28H,3-11H2,1-2H3,(H,23,26)(H,24,27)(H,25,29)(H,30,31,32)/t13?,14?,15-,16?,17-,18-,21?/m0/s1. The average Bonchev–Trinajstić information content (AvgIpc) is 3.47. The van der Waals surface area contributed by atoms with Crippen molar-refractivity contribution in [1.29, 1.82) is 0 Å². The Morgan fingerprint density at radius 1 is 1.18 bits per heavy atom. The summed E-state index contributed by atoms with van der Waals surface area (Å²) in [5.41, 5.74) is -2.31. The lowest BCUT2D eigenvalue weighted by atomic mass is 9.90. The highest BCUT2D eigenvalue weighted by Crippen LogP contribution is 2.48. The lowest BCUT2D eigenvalue weighted by Gasteiger charge is -2.27. The van der Waals surface area contributed by atoms with Crippen LogP contribution < -0.4 is 16.0 Å². The van der Waals surface area contributed by atoms with E-state index in [-0.39, 0.29) is 24.7 Å². The molecule has 7 atom stereocenters. The highest BCUT2D eigenvalue weighted by molar-refractivity contribution is 7.86. The Balaban J connectivity index is 1.61. The predicted octanol–water partition coefficient (Wildman–Crippen LogP) is 0.781. The maximum Gasteiger partial charge on any atom is 0.407 e. The van der Waals surface area contributed by atoms with Crippen LogP contribution in [0.4, 0.5) is 4.79 Å². The molecule has 3 rings (SSSR count). The molecule has 1 saturated heterocycles. The molecule has 12 heteroatoms. The van der Waals surface area contributed by atoms with Gasteiger partial charge in [-0.1, -0.05) is 20.3 Å². The zero-order chi connectivity index (χ0) is 25.0. The molecule has 0 aromatic carbocycles. The second-order valence-corrected chi connectivity index (χ2v) is 11.9. The van der Waals surface area contributed by atoms with E-state index in [9.17, 15) is 32.5 Å². The summed E-state index contributed by atoms with van der Waals surface area (Å²) >= 11 is 0. The molecule has 2 saturated carbocycles. The molecule has 34 heavy (non-hydrogen) atoms. The van der Waals surface area contributed by atoms with Crippen molar-refractivity contribution in [3.8, 4) is 0 Å². The van der Waals surface area contributed by atoms with E-state index in [0.717, 1.165) is 12.8 Å². The molecule has 0 aromatic heterocycles. The SMILES string of the molecule is CC(C)C[C@H](NC(=O)OCC1CC2CCC1C2)C(=O)N[C@@H](C[C@@H]1CCNC1=O)C(O)S(=O)(=O)O. The fraction of sp³-hybridized carbons (Fsp3) is 0.864. The molecule has 3 amide bonds. The molecule has 1 heterocycles. The van der Waals surface area contributed by atoms with Gasteiger partial charge in [0.25, 0.3) is 10.1 Å². The van der Waals surface area contributed by atoms with Crippen LogP contribution in [0.3, 0.4) is 0 Å². The molecule has 1 aliphatic heterocycles. The summed E-state index contributed by atoms with van der Waals surface area (Å²) in [6.07, 6.45) is 4.38. The first-order valence-corrected chi connectivity index (χ1v) is 13.6. The van der Waals surface area contributed by atoms with E-state index in [0.29, 0.717) is 37.3 Å². The smallest absolute Gasteiger partial charge is 0.407 e. The third kappa shape index (κ3) is 7.05. The Bertz CT molecular complexity index is 864. The number of carbonyl (C=O) groups excluding carboxylic acids is 3. The highest BCUT2D eigenvalue weighted by atomic mass is 32.2. The largest absolute Gasteiger partial charge is 0.449 e. The van der Waals surface area contributed by atoms with Crippen LogP contribution in [-0.2, 0) is 24.4 Å². The quantitative estimate of drug-likeness (QED) is 0.257. The first-order chi connectivity index (χ1) is 15.9. The topological polar surface area (TPSA) is 171 Å². The number of fused-ring (bicyclic) bond motifs is 2. The van der Waals surface area contributed by atoms with Crippen LogP contribution in [0.15, 0.2) is 0 Å². The highest BCUT2D eigenvalue weighted by Gasteiger charge is 2.40. The van der Waals surface area contributed by atoms with Crippen molar-refractivity contribution in [2.75, 3.05) is 13.2 Å². The van der Waals surface area contributed by atoms with Crippen LogP contribution in [0.1, 0.15) is 58.8 Å². The van der Waals surface area contributed by atoms with Crippen molar-refractivity contribution in [3.05, 3.63) is 0 Å². The van der Waals surface area contributed by atoms with Crippen molar-refractivity contribution >= 4 is 28.0 Å². The second-order valence-electron chi connectivity index (χ2n) is 10.4. The van der Waals surface area contributed by atoms with Crippen molar-refractivity contribution in [2.45, 2.75) is 76.3 Å². The zero-order valence-corrected chi connectivity index (χ0v) is 20.6. The van der Waals surface area contributed by atoms with Crippen molar-refractivity contribution in [3.63, 3.8) is 0 Å². The monoisotopic (exact) mass is 503 g/mol. The van der Waals surface area contributed by atoms with Crippen LogP contribution >= 0.6 is 0 Å². The van der Waals surface area contributed by atoms with Crippen molar-refractivity contribution in [2.24, 2.45) is 29.6 Å². The molecule has 0 spiro atoms. The lowest BCUT2D eigenvalue weighted by Crippen LogP contribution is -2.55. The van der Waals surface area contributed by atoms with E-state index in [1.165, 1.54) is 12.8 Å². The number of rotatable bonds is 11. The van der Waals surface area contributed by atoms with Crippen LogP contribution in [0.25, 0.3) is 0 Å². The maximum atomic E-state index is 13.0. The number of amides is 3. The van der Waals surface area contributed by atoms with E-state index in [1.807, 2.05) is 13.8 Å². The molecule has 3 aliphatic rings. The molecule has 3 fully saturated rings. The fourth-order valence-electron chi connectivity index (χ4n) is 5.56. The zero-order valence-electron chi connectivity index (χ0n) is 19.7. The minimum atomic E-state index is -4.90. The van der Waals surface area contributed by atoms with Gasteiger partial charge in [-0.05, 0) is 62.2 Å². The average molecular weight is 504 g/mol. The number of alkyl carbamates (subject to hydrolysis) is 1. The van der Waals surface area contributed by atoms with Crippen molar-refractivity contribution in [1.82, 2.24) is 16.0 Å². The van der Waals surface area contributed by atoms with Gasteiger partial charge < -0.3 is 25.8 Å². The van der Waals surface area contributed by atoms with E-state index >= 15 is 0 Å². The molecular weight excluding hydrogens is 466 g/mol. The van der Waals surface area contributed by atoms with Crippen molar-refractivity contribution < 1.29 is 37.2 Å². The number of carbonyl (C=O) groups is 3. The minimum absolute atomic E-state index is 0.00664. The first kappa shape index (κ1) is 26.7. The van der Waals surface area contributed by atoms with E-state index in [2.05, 4.69) is 16.0 Å². The molecule has 2 aliphatic carbocycles. The van der Waals surface area contributed by atoms with E-state index in [4.69, 9.17) is 4.74 Å². The predicted molar refractivity (Wildman–Crippen MR) is 122 cm³/mol. The summed E-state index contributed by atoms with van der Waals surface area (Å²) in [5, 5.41) is 17.7. The first-order valence-electron chi connectivity index (χ1n) is 12.1. The van der Waals surface area contributed by atoms with Gasteiger partial charge in [0.15, 0.2) is 0 Å². The summed E-state index contributed by atoms with van der Waals surface area (Å²) < 4.78 is 37.9. The molecule has 5 N–H and O–H groups in total. The minimum Gasteiger partial charge on any atom is -0.449 e. The van der Waals surface area contributed by atoms with Gasteiger partial charge in [0.2, 0.25) is 17.3 Å². The third-order valence-corrected chi connectivity index (χ3v) is 8.25. The number of aliphatic hydroxyl groups is 1. The lowest BCUT2D eigenvalue weighted by molar-refractivity contribution is -0.126. The van der Waals surface area contributed by atoms with Crippen LogP contribution in [-0.4, -0.2) is 66.7 Å². The molecule has 2 bridgehead atoms. The summed E-state index contributed by atoms with van der Waals surface area (Å²) in [6.45, 7) is 4.41. The Labute approximate surface area is 200 Å². The molecule has 0 radical (unpaired) electrons. The molecule has 11 nitrogen and oxygen atoms in total. The molecule has 194 valence electrons. The Hall–Kier alpha value is -1.92. The summed E-state index contributed by atoms with van der Waals surface area (Å²) in [4.78, 5) is 37.4. The number of hydrogen-bond donors (Lipinski definition) is 5. The van der Waals surface area contributed by atoms with Gasteiger partial charge in [0.05, 0.1) is 12.6 Å². The van der Waals surface area contributed by atoms with E-state index < -0.39 is 45.6 Å². The summed E-state index contributed by atoms with van der Waals surface area (Å²) in [7, 11) is -4.90. The van der Waals surface area contributed by atoms with Gasteiger partial charge in [-0.3, -0.25) is 14.1 Å². The van der Waals surface area contributed by atoms with Gasteiger partial charge in [0.1, 0.15) is 6.04 Å². The summed E-state index contributed by atoms with van der Waals surface area (Å²) in [5.74, 6) is -0.0115. The Kier molecular flexibility index (Phi) is 8.80. The Morgan fingerprint density at radius 2 is 1.91 bits per heavy atom. The van der Waals surface area contributed by atoms with Crippen LogP contribution in [0.5, 0.6) is 0 Å². The molecule has 4 unspecified atom stereocenters. The fourth-order valence-corrected chi connectivity index (χ4v) is 6.16. The number of ether oxygens (including phenoxy) is 1. The number of hydrogen-bond acceptors (Lipinski definition) is 7. The third-order valence-electron chi connectivity index (χ3n) is 7.31. The Morgan fingerprint density at radius 3 is 2.44 bits per heavy atom. The van der Waals surface area contributed by atoms with Gasteiger partial charge >= 0.3 is 6.09 Å². The van der Waals surface area contributed by atoms with Gasteiger partial charge in [0, 0.05) is 12.5 Å². The van der Waals surface area contributed by atoms with Gasteiger partial charge in [-0.25, -0.2) is 4.79 Å². The molecule has 0 aromatic rings.